The van der Waals surface area contributed by atoms with Gasteiger partial charge in [-0.2, -0.15) is 5.10 Å². The highest BCUT2D eigenvalue weighted by molar-refractivity contribution is 5.94. The van der Waals surface area contributed by atoms with Crippen LogP contribution in [0, 0.1) is 17.5 Å². The number of primary amides is 1. The second-order valence-electron chi connectivity index (χ2n) is 8.99. The number of carbonyl (C=O) groups is 2. The Kier molecular flexibility index (Phi) is 7.09. The van der Waals surface area contributed by atoms with Crippen molar-refractivity contribution in [1.82, 2.24) is 20.5 Å². The summed E-state index contributed by atoms with van der Waals surface area (Å²) in [6.07, 6.45) is 1.43. The van der Waals surface area contributed by atoms with E-state index in [0.717, 1.165) is 23.0 Å². The smallest absolute Gasteiger partial charge is 0.251 e. The van der Waals surface area contributed by atoms with Crippen molar-refractivity contribution < 1.29 is 22.8 Å². The predicted octanol–water partition coefficient (Wildman–Crippen LogP) is 4.78. The van der Waals surface area contributed by atoms with Gasteiger partial charge in [-0.1, -0.05) is 30.3 Å². The summed E-state index contributed by atoms with van der Waals surface area (Å²) in [6, 6.07) is 16.8. The fourth-order valence-electron chi connectivity index (χ4n) is 4.55. The third kappa shape index (κ3) is 5.64. The fraction of sp³-hybridized carbons (Fsp3) is 0.103. The molecule has 2 amide bonds. The highest BCUT2D eigenvalue weighted by Crippen LogP contribution is 2.30. The summed E-state index contributed by atoms with van der Waals surface area (Å²) in [4.78, 5) is 29.5. The molecule has 7 nitrogen and oxygen atoms in total. The van der Waals surface area contributed by atoms with Crippen LogP contribution in [0.5, 0.6) is 0 Å². The summed E-state index contributed by atoms with van der Waals surface area (Å²) < 4.78 is 42.2. The van der Waals surface area contributed by atoms with E-state index in [1.165, 1.54) is 30.5 Å². The van der Waals surface area contributed by atoms with E-state index in [1.807, 2.05) is 24.3 Å². The van der Waals surface area contributed by atoms with E-state index < -0.39 is 35.3 Å². The molecule has 0 unspecified atom stereocenters. The van der Waals surface area contributed by atoms with Crippen LogP contribution in [0.15, 0.2) is 79.0 Å². The minimum absolute atomic E-state index is 0.00435. The SMILES string of the molecule is NC(=O)c1cc(-c2cccnc2[C@H](Cc2cc(F)cc(F)c2)NC(=O)Cc2n[nH]c3ccccc23)ccc1F. The molecule has 0 fully saturated rings. The molecule has 5 rings (SSSR count). The molecule has 2 heterocycles. The number of fused-ring (bicyclic) bond motifs is 1. The fourth-order valence-corrected chi connectivity index (χ4v) is 4.55. The molecule has 2 aromatic heterocycles. The Hall–Kier alpha value is -4.99. The van der Waals surface area contributed by atoms with Gasteiger partial charge < -0.3 is 11.1 Å². The Morgan fingerprint density at radius 3 is 2.49 bits per heavy atom. The standard InChI is InChI=1S/C29H22F3N5O2/c30-18-10-16(11-19(31)14-18)12-26(35-27(38)15-25-21-4-1-2-6-24(21)36-37-25)28-20(5-3-9-34-28)17-7-8-23(32)22(13-17)29(33)39/h1-11,13-14,26H,12,15H2,(H2,33,39)(H,35,38)(H,36,37)/t26-/m0/s1. The third-order valence-electron chi connectivity index (χ3n) is 6.29. The molecule has 4 N–H and O–H groups in total. The van der Waals surface area contributed by atoms with Crippen molar-refractivity contribution in [2.45, 2.75) is 18.9 Å². The molecule has 0 aliphatic heterocycles. The molecule has 1 atom stereocenters. The van der Waals surface area contributed by atoms with Gasteiger partial charge in [0.1, 0.15) is 17.5 Å². The quantitative estimate of drug-likeness (QED) is 0.268. The molecule has 39 heavy (non-hydrogen) atoms. The summed E-state index contributed by atoms with van der Waals surface area (Å²) in [5.41, 5.74) is 7.88. The van der Waals surface area contributed by atoms with Gasteiger partial charge in [-0.3, -0.25) is 19.7 Å². The van der Waals surface area contributed by atoms with Crippen LogP contribution in [0.25, 0.3) is 22.0 Å². The van der Waals surface area contributed by atoms with Gasteiger partial charge in [0.15, 0.2) is 0 Å². The first-order chi connectivity index (χ1) is 18.8. The number of nitrogens with zero attached hydrogens (tertiary/aromatic N) is 2. The average molecular weight is 530 g/mol. The Morgan fingerprint density at radius 2 is 1.72 bits per heavy atom. The molecule has 0 spiro atoms. The number of halogens is 3. The van der Waals surface area contributed by atoms with E-state index in [2.05, 4.69) is 20.5 Å². The van der Waals surface area contributed by atoms with Crippen LogP contribution in [-0.4, -0.2) is 27.0 Å². The van der Waals surface area contributed by atoms with Gasteiger partial charge in [0.2, 0.25) is 5.91 Å². The average Bonchev–Trinajstić information content (AvgIpc) is 3.30. The van der Waals surface area contributed by atoms with Crippen LogP contribution in [0.3, 0.4) is 0 Å². The Morgan fingerprint density at radius 1 is 0.949 bits per heavy atom. The first-order valence-corrected chi connectivity index (χ1v) is 12.0. The molecule has 0 aliphatic rings. The number of para-hydroxylation sites is 1. The second kappa shape index (κ2) is 10.8. The van der Waals surface area contributed by atoms with Gasteiger partial charge in [0.05, 0.1) is 34.9 Å². The van der Waals surface area contributed by atoms with Crippen LogP contribution in [0.1, 0.15) is 33.4 Å². The lowest BCUT2D eigenvalue weighted by molar-refractivity contribution is -0.121. The van der Waals surface area contributed by atoms with E-state index in [-0.39, 0.29) is 24.0 Å². The van der Waals surface area contributed by atoms with Crippen molar-refractivity contribution in [3.05, 3.63) is 119 Å². The van der Waals surface area contributed by atoms with Crippen LogP contribution >= 0.6 is 0 Å². The highest BCUT2D eigenvalue weighted by atomic mass is 19.1. The van der Waals surface area contributed by atoms with Gasteiger partial charge in [0, 0.05) is 23.2 Å². The number of amides is 2. The van der Waals surface area contributed by atoms with Crippen LogP contribution in [0.2, 0.25) is 0 Å². The minimum atomic E-state index is -0.939. The Labute approximate surface area is 220 Å². The monoisotopic (exact) mass is 529 g/mol. The molecule has 0 saturated heterocycles. The van der Waals surface area contributed by atoms with Gasteiger partial charge >= 0.3 is 0 Å². The number of hydrogen-bond donors (Lipinski definition) is 3. The number of aromatic amines is 1. The van der Waals surface area contributed by atoms with Crippen molar-refractivity contribution >= 4 is 22.7 Å². The van der Waals surface area contributed by atoms with Crippen LogP contribution in [-0.2, 0) is 17.6 Å². The Balaban J connectivity index is 1.53. The van der Waals surface area contributed by atoms with Crippen molar-refractivity contribution in [1.29, 1.82) is 0 Å². The molecule has 3 aromatic carbocycles. The molecule has 0 radical (unpaired) electrons. The summed E-state index contributed by atoms with van der Waals surface area (Å²) in [5.74, 6) is -3.63. The number of benzene rings is 3. The number of nitrogens with one attached hydrogen (secondary N) is 2. The summed E-state index contributed by atoms with van der Waals surface area (Å²) in [7, 11) is 0. The zero-order valence-corrected chi connectivity index (χ0v) is 20.4. The van der Waals surface area contributed by atoms with Gasteiger partial charge in [-0.25, -0.2) is 13.2 Å². The van der Waals surface area contributed by atoms with E-state index in [4.69, 9.17) is 5.73 Å². The maximum atomic E-state index is 14.2. The lowest BCUT2D eigenvalue weighted by Gasteiger charge is -2.22. The molecule has 196 valence electrons. The first kappa shape index (κ1) is 25.7. The maximum absolute atomic E-state index is 14.2. The van der Waals surface area contributed by atoms with Gasteiger partial charge in [-0.15, -0.1) is 0 Å². The number of pyridine rings is 1. The zero-order valence-electron chi connectivity index (χ0n) is 20.4. The molecule has 0 bridgehead atoms. The largest absolute Gasteiger partial charge is 0.366 e. The van der Waals surface area contributed by atoms with Crippen molar-refractivity contribution in [2.75, 3.05) is 0 Å². The van der Waals surface area contributed by atoms with Crippen LogP contribution in [0.4, 0.5) is 13.2 Å². The third-order valence-corrected chi connectivity index (χ3v) is 6.29. The van der Waals surface area contributed by atoms with Crippen molar-refractivity contribution in [3.8, 4) is 11.1 Å². The molecule has 5 aromatic rings. The summed E-state index contributed by atoms with van der Waals surface area (Å²) in [6.45, 7) is 0. The predicted molar refractivity (Wildman–Crippen MR) is 139 cm³/mol. The minimum Gasteiger partial charge on any atom is -0.366 e. The Bertz CT molecular complexity index is 1680. The molecule has 10 heteroatoms. The molecular weight excluding hydrogens is 507 g/mol. The lowest BCUT2D eigenvalue weighted by Crippen LogP contribution is -2.32. The van der Waals surface area contributed by atoms with Crippen molar-refractivity contribution in [3.63, 3.8) is 0 Å². The number of hydrogen-bond acceptors (Lipinski definition) is 4. The maximum Gasteiger partial charge on any atom is 0.251 e. The highest BCUT2D eigenvalue weighted by Gasteiger charge is 2.23. The molecule has 0 aliphatic carbocycles. The van der Waals surface area contributed by atoms with E-state index >= 15 is 0 Å². The van der Waals surface area contributed by atoms with Gasteiger partial charge in [0.25, 0.3) is 5.91 Å². The summed E-state index contributed by atoms with van der Waals surface area (Å²) in [5, 5.41) is 10.8. The van der Waals surface area contributed by atoms with E-state index in [1.54, 1.807) is 12.1 Å². The van der Waals surface area contributed by atoms with Crippen LogP contribution < -0.4 is 11.1 Å². The number of carbonyl (C=O) groups excluding carboxylic acids is 2. The first-order valence-electron chi connectivity index (χ1n) is 12.0. The van der Waals surface area contributed by atoms with E-state index in [0.29, 0.717) is 22.5 Å². The number of H-pyrrole nitrogens is 1. The summed E-state index contributed by atoms with van der Waals surface area (Å²) >= 11 is 0. The normalized spacial score (nSPS) is 11.9. The van der Waals surface area contributed by atoms with Crippen molar-refractivity contribution in [2.24, 2.45) is 5.73 Å². The number of rotatable bonds is 8. The lowest BCUT2D eigenvalue weighted by atomic mass is 9.94. The zero-order chi connectivity index (χ0) is 27.5. The van der Waals surface area contributed by atoms with E-state index in [9.17, 15) is 22.8 Å². The number of aromatic nitrogens is 3. The topological polar surface area (TPSA) is 114 Å². The molecular formula is C29H22F3N5O2. The molecule has 0 saturated carbocycles. The second-order valence-corrected chi connectivity index (χ2v) is 8.99. The van der Waals surface area contributed by atoms with Gasteiger partial charge in [-0.05, 0) is 53.9 Å². The number of nitrogens with two attached hydrogens (primary N) is 1.